The summed E-state index contributed by atoms with van der Waals surface area (Å²) in [6.07, 6.45) is 3.85. The summed E-state index contributed by atoms with van der Waals surface area (Å²) in [5, 5.41) is 7.79. The monoisotopic (exact) mass is 351 g/mol. The van der Waals surface area contributed by atoms with Crippen molar-refractivity contribution in [1.29, 1.82) is 0 Å². The molecule has 1 heterocycles. The summed E-state index contributed by atoms with van der Waals surface area (Å²) in [6.45, 7) is 1.46. The maximum Gasteiger partial charge on any atom is 0.0658 e. The zero-order chi connectivity index (χ0) is 15.1. The van der Waals surface area contributed by atoms with Gasteiger partial charge in [0.05, 0.1) is 29.5 Å². The first-order valence-electron chi connectivity index (χ1n) is 7.17. The Morgan fingerprint density at radius 2 is 2.10 bits per heavy atom. The average molecular weight is 352 g/mol. The van der Waals surface area contributed by atoms with Crippen molar-refractivity contribution < 1.29 is 4.74 Å². The maximum absolute atomic E-state index is 5.14. The molecule has 0 aliphatic carbocycles. The Morgan fingerprint density at radius 3 is 2.76 bits per heavy atom. The van der Waals surface area contributed by atoms with E-state index in [2.05, 4.69) is 50.6 Å². The molecule has 0 saturated carbocycles. The highest BCUT2D eigenvalue weighted by molar-refractivity contribution is 9.10. The van der Waals surface area contributed by atoms with Crippen molar-refractivity contribution >= 4 is 15.9 Å². The van der Waals surface area contributed by atoms with Crippen LogP contribution in [0.2, 0.25) is 0 Å². The van der Waals surface area contributed by atoms with E-state index in [4.69, 9.17) is 4.74 Å². The quantitative estimate of drug-likeness (QED) is 0.793. The molecule has 4 nitrogen and oxygen atoms in total. The lowest BCUT2D eigenvalue weighted by Crippen LogP contribution is -2.18. The third-order valence-corrected chi connectivity index (χ3v) is 4.29. The van der Waals surface area contributed by atoms with Crippen molar-refractivity contribution in [2.45, 2.75) is 25.4 Å². The Hall–Kier alpha value is -1.17. The minimum atomic E-state index is 0.351. The van der Waals surface area contributed by atoms with Crippen LogP contribution in [0.5, 0.6) is 0 Å². The number of nitrogens with one attached hydrogen (secondary N) is 1. The fourth-order valence-electron chi connectivity index (χ4n) is 2.45. The van der Waals surface area contributed by atoms with Crippen molar-refractivity contribution in [2.24, 2.45) is 0 Å². The summed E-state index contributed by atoms with van der Waals surface area (Å²) in [7, 11) is 3.72. The van der Waals surface area contributed by atoms with Gasteiger partial charge >= 0.3 is 0 Å². The van der Waals surface area contributed by atoms with Crippen molar-refractivity contribution in [2.75, 3.05) is 20.8 Å². The van der Waals surface area contributed by atoms with Crippen LogP contribution < -0.4 is 5.32 Å². The summed E-state index contributed by atoms with van der Waals surface area (Å²) in [4.78, 5) is 0. The number of methoxy groups -OCH3 is 1. The highest BCUT2D eigenvalue weighted by Gasteiger charge is 2.13. The topological polar surface area (TPSA) is 39.1 Å². The Bertz CT molecular complexity index is 542. The van der Waals surface area contributed by atoms with E-state index in [9.17, 15) is 0 Å². The normalized spacial score (nSPS) is 12.5. The maximum atomic E-state index is 5.14. The summed E-state index contributed by atoms with van der Waals surface area (Å²) < 4.78 is 8.23. The van der Waals surface area contributed by atoms with Crippen LogP contribution in [0.15, 0.2) is 41.0 Å². The first-order chi connectivity index (χ1) is 10.3. The summed E-state index contributed by atoms with van der Waals surface area (Å²) in [5.74, 6) is 0. The lowest BCUT2D eigenvalue weighted by Gasteiger charge is -2.17. The van der Waals surface area contributed by atoms with Crippen molar-refractivity contribution in [3.63, 3.8) is 0 Å². The molecular formula is C16H22BrN3O. The first-order valence-corrected chi connectivity index (χ1v) is 7.97. The molecule has 1 aromatic heterocycles. The number of ether oxygens (including phenoxy) is 1. The standard InChI is InChI=1S/C16H22BrN3O/c1-18-15(13-6-4-3-5-7-13)8-9-16-14(17)12-19-20(16)10-11-21-2/h3-7,12,15,18H,8-11H2,1-2H3. The molecule has 21 heavy (non-hydrogen) atoms. The molecule has 1 N–H and O–H groups in total. The highest BCUT2D eigenvalue weighted by atomic mass is 79.9. The molecule has 0 aliphatic rings. The second-order valence-corrected chi connectivity index (χ2v) is 5.80. The van der Waals surface area contributed by atoms with Gasteiger partial charge in [-0.2, -0.15) is 5.10 Å². The smallest absolute Gasteiger partial charge is 0.0658 e. The molecule has 5 heteroatoms. The van der Waals surface area contributed by atoms with E-state index >= 15 is 0 Å². The molecule has 1 atom stereocenters. The van der Waals surface area contributed by atoms with E-state index in [-0.39, 0.29) is 0 Å². The minimum Gasteiger partial charge on any atom is -0.383 e. The third kappa shape index (κ3) is 4.40. The summed E-state index contributed by atoms with van der Waals surface area (Å²) in [5.41, 5.74) is 2.54. The van der Waals surface area contributed by atoms with Gasteiger partial charge in [-0.1, -0.05) is 30.3 Å². The molecule has 1 unspecified atom stereocenters. The van der Waals surface area contributed by atoms with Crippen molar-refractivity contribution in [3.8, 4) is 0 Å². The lowest BCUT2D eigenvalue weighted by atomic mass is 10.0. The van der Waals surface area contributed by atoms with Crippen LogP contribution in [0, 0.1) is 0 Å². The third-order valence-electron chi connectivity index (χ3n) is 3.63. The van der Waals surface area contributed by atoms with E-state index in [0.717, 1.165) is 23.9 Å². The van der Waals surface area contributed by atoms with Gasteiger partial charge in [0, 0.05) is 13.2 Å². The van der Waals surface area contributed by atoms with E-state index in [1.165, 1.54) is 11.3 Å². The van der Waals surface area contributed by atoms with Crippen LogP contribution in [0.1, 0.15) is 23.7 Å². The molecule has 2 rings (SSSR count). The molecular weight excluding hydrogens is 330 g/mol. The predicted molar refractivity (Wildman–Crippen MR) is 88.4 cm³/mol. The number of hydrogen-bond acceptors (Lipinski definition) is 3. The number of hydrogen-bond donors (Lipinski definition) is 1. The Morgan fingerprint density at radius 1 is 1.33 bits per heavy atom. The fraction of sp³-hybridized carbons (Fsp3) is 0.438. The van der Waals surface area contributed by atoms with Gasteiger partial charge in [0.2, 0.25) is 0 Å². The lowest BCUT2D eigenvalue weighted by molar-refractivity contribution is 0.182. The van der Waals surface area contributed by atoms with E-state index < -0.39 is 0 Å². The number of halogens is 1. The van der Waals surface area contributed by atoms with Crippen LogP contribution in [0.3, 0.4) is 0 Å². The molecule has 0 fully saturated rings. The number of aromatic nitrogens is 2. The zero-order valence-electron chi connectivity index (χ0n) is 12.6. The molecule has 0 saturated heterocycles. The average Bonchev–Trinajstić information content (AvgIpc) is 2.87. The van der Waals surface area contributed by atoms with Gasteiger partial charge in [0.1, 0.15) is 0 Å². The van der Waals surface area contributed by atoms with Crippen molar-refractivity contribution in [3.05, 3.63) is 52.3 Å². The molecule has 2 aromatic rings. The van der Waals surface area contributed by atoms with Gasteiger partial charge in [0.25, 0.3) is 0 Å². The molecule has 114 valence electrons. The molecule has 0 radical (unpaired) electrons. The number of rotatable bonds is 8. The SMILES string of the molecule is CNC(CCc1c(Br)cnn1CCOC)c1ccccc1. The zero-order valence-corrected chi connectivity index (χ0v) is 14.1. The van der Waals surface area contributed by atoms with E-state index in [1.54, 1.807) is 7.11 Å². The second-order valence-electron chi connectivity index (χ2n) is 4.95. The van der Waals surface area contributed by atoms with Gasteiger partial charge in [0.15, 0.2) is 0 Å². The molecule has 0 spiro atoms. The highest BCUT2D eigenvalue weighted by Crippen LogP contribution is 2.23. The largest absolute Gasteiger partial charge is 0.383 e. The van der Waals surface area contributed by atoms with Gasteiger partial charge in [-0.25, -0.2) is 0 Å². The second kappa shape index (κ2) is 8.32. The van der Waals surface area contributed by atoms with Crippen molar-refractivity contribution in [1.82, 2.24) is 15.1 Å². The van der Waals surface area contributed by atoms with Gasteiger partial charge in [-0.15, -0.1) is 0 Å². The van der Waals surface area contributed by atoms with E-state index in [0.29, 0.717) is 12.6 Å². The van der Waals surface area contributed by atoms with Crippen LogP contribution in [0.25, 0.3) is 0 Å². The number of nitrogens with zero attached hydrogens (tertiary/aromatic N) is 2. The summed E-state index contributed by atoms with van der Waals surface area (Å²) in [6, 6.07) is 10.9. The fourth-order valence-corrected chi connectivity index (χ4v) is 2.95. The van der Waals surface area contributed by atoms with Crippen LogP contribution >= 0.6 is 15.9 Å². The summed E-state index contributed by atoms with van der Waals surface area (Å²) >= 11 is 3.59. The van der Waals surface area contributed by atoms with Gasteiger partial charge < -0.3 is 10.1 Å². The molecule has 0 aliphatic heterocycles. The Labute approximate surface area is 134 Å². The number of benzene rings is 1. The molecule has 0 bridgehead atoms. The molecule has 0 amide bonds. The Kier molecular flexibility index (Phi) is 6.42. The van der Waals surface area contributed by atoms with Gasteiger partial charge in [-0.3, -0.25) is 4.68 Å². The van der Waals surface area contributed by atoms with E-state index in [1.807, 2.05) is 24.0 Å². The minimum absolute atomic E-state index is 0.351. The Balaban J connectivity index is 2.03. The van der Waals surface area contributed by atoms with Crippen LogP contribution in [0.4, 0.5) is 0 Å². The van der Waals surface area contributed by atoms with Gasteiger partial charge in [-0.05, 0) is 41.4 Å². The predicted octanol–water partition coefficient (Wildman–Crippen LogP) is 3.19. The first kappa shape index (κ1) is 16.2. The molecule has 1 aromatic carbocycles. The van der Waals surface area contributed by atoms with Crippen LogP contribution in [-0.4, -0.2) is 30.5 Å². The van der Waals surface area contributed by atoms with Crippen LogP contribution in [-0.2, 0) is 17.7 Å².